The summed E-state index contributed by atoms with van der Waals surface area (Å²) in [5, 5.41) is 9.04. The maximum Gasteiger partial charge on any atom is 0.0471 e. The lowest BCUT2D eigenvalue weighted by atomic mass is 9.99. The van der Waals surface area contributed by atoms with Gasteiger partial charge in [-0.1, -0.05) is 69.7 Å². The van der Waals surface area contributed by atoms with Crippen molar-refractivity contribution < 1.29 is 5.11 Å². The summed E-state index contributed by atoms with van der Waals surface area (Å²) in [6.45, 7) is 2.52. The zero-order chi connectivity index (χ0) is 13.1. The van der Waals surface area contributed by atoms with Crippen molar-refractivity contribution in [2.75, 3.05) is 6.61 Å². The van der Waals surface area contributed by atoms with Crippen LogP contribution in [0, 0.1) is 0 Å². The third-order valence-corrected chi connectivity index (χ3v) is 3.55. The van der Waals surface area contributed by atoms with Gasteiger partial charge in [0, 0.05) is 6.61 Å². The first kappa shape index (κ1) is 15.2. The topological polar surface area (TPSA) is 20.2 Å². The number of rotatable bonds is 10. The first-order valence-electron chi connectivity index (χ1n) is 7.56. The van der Waals surface area contributed by atoms with Crippen LogP contribution in [0.4, 0.5) is 0 Å². The van der Waals surface area contributed by atoms with Gasteiger partial charge in [0.1, 0.15) is 0 Å². The highest BCUT2D eigenvalue weighted by Gasteiger charge is 2.00. The predicted octanol–water partition coefficient (Wildman–Crippen LogP) is 4.51. The van der Waals surface area contributed by atoms with Crippen molar-refractivity contribution in [3.63, 3.8) is 0 Å². The molecule has 1 aromatic rings. The van der Waals surface area contributed by atoms with Crippen molar-refractivity contribution in [2.45, 2.75) is 64.7 Å². The fourth-order valence-corrected chi connectivity index (χ4v) is 2.44. The van der Waals surface area contributed by atoms with Crippen LogP contribution >= 0.6 is 0 Å². The fourth-order valence-electron chi connectivity index (χ4n) is 2.44. The van der Waals surface area contributed by atoms with Crippen LogP contribution < -0.4 is 0 Å². The molecule has 1 rings (SSSR count). The van der Waals surface area contributed by atoms with Crippen molar-refractivity contribution in [1.29, 1.82) is 0 Å². The minimum Gasteiger partial charge on any atom is -0.396 e. The summed E-state index contributed by atoms with van der Waals surface area (Å²) in [5.41, 5.74) is 2.76. The molecule has 102 valence electrons. The van der Waals surface area contributed by atoms with E-state index < -0.39 is 0 Å². The first-order valence-corrected chi connectivity index (χ1v) is 7.56. The van der Waals surface area contributed by atoms with Crippen LogP contribution in [-0.4, -0.2) is 11.7 Å². The molecule has 0 aliphatic rings. The standard InChI is InChI=1S/C17H28O/c1-2-3-4-5-6-7-8-11-16-12-9-10-13-17(16)14-15-18/h9-10,12-13,18H,2-8,11,14-15H2,1H3. The molecule has 0 aromatic heterocycles. The number of aryl methyl sites for hydroxylation is 1. The maximum absolute atomic E-state index is 9.04. The summed E-state index contributed by atoms with van der Waals surface area (Å²) >= 11 is 0. The van der Waals surface area contributed by atoms with Gasteiger partial charge in [0.05, 0.1) is 0 Å². The molecule has 0 heterocycles. The van der Waals surface area contributed by atoms with E-state index in [-0.39, 0.29) is 6.61 Å². The Bertz CT molecular complexity index is 306. The summed E-state index contributed by atoms with van der Waals surface area (Å²) in [4.78, 5) is 0. The summed E-state index contributed by atoms with van der Waals surface area (Å²) in [6, 6.07) is 8.53. The van der Waals surface area contributed by atoms with Crippen molar-refractivity contribution in [1.82, 2.24) is 0 Å². The van der Waals surface area contributed by atoms with Crippen LogP contribution in [0.25, 0.3) is 0 Å². The Balaban J connectivity index is 2.18. The van der Waals surface area contributed by atoms with Crippen LogP contribution in [0.5, 0.6) is 0 Å². The molecule has 0 unspecified atom stereocenters. The van der Waals surface area contributed by atoms with E-state index in [1.807, 2.05) is 0 Å². The van der Waals surface area contributed by atoms with Crippen LogP contribution in [0.3, 0.4) is 0 Å². The molecule has 0 aliphatic heterocycles. The van der Waals surface area contributed by atoms with Crippen molar-refractivity contribution in [3.8, 4) is 0 Å². The molecule has 1 aromatic carbocycles. The van der Waals surface area contributed by atoms with Gasteiger partial charge in [-0.2, -0.15) is 0 Å². The second kappa shape index (κ2) is 10.1. The molecule has 0 saturated heterocycles. The predicted molar refractivity (Wildman–Crippen MR) is 78.9 cm³/mol. The van der Waals surface area contributed by atoms with E-state index in [1.165, 1.54) is 62.5 Å². The van der Waals surface area contributed by atoms with Crippen LogP contribution in [0.2, 0.25) is 0 Å². The second-order valence-electron chi connectivity index (χ2n) is 5.11. The summed E-state index contributed by atoms with van der Waals surface area (Å²) in [5.74, 6) is 0. The number of hydrogen-bond acceptors (Lipinski definition) is 1. The van der Waals surface area contributed by atoms with Gasteiger partial charge in [0.25, 0.3) is 0 Å². The van der Waals surface area contributed by atoms with Gasteiger partial charge in [-0.25, -0.2) is 0 Å². The van der Waals surface area contributed by atoms with E-state index in [0.717, 1.165) is 6.42 Å². The van der Waals surface area contributed by atoms with Crippen LogP contribution in [0.1, 0.15) is 63.0 Å². The molecule has 0 aliphatic carbocycles. The molecule has 0 amide bonds. The molecule has 0 bridgehead atoms. The van der Waals surface area contributed by atoms with Crippen molar-refractivity contribution in [2.24, 2.45) is 0 Å². The third-order valence-electron chi connectivity index (χ3n) is 3.55. The molecule has 18 heavy (non-hydrogen) atoms. The van der Waals surface area contributed by atoms with Gasteiger partial charge in [-0.15, -0.1) is 0 Å². The zero-order valence-corrected chi connectivity index (χ0v) is 11.8. The molecule has 0 saturated carbocycles. The van der Waals surface area contributed by atoms with E-state index in [9.17, 15) is 0 Å². The normalized spacial score (nSPS) is 10.8. The van der Waals surface area contributed by atoms with Crippen LogP contribution in [0.15, 0.2) is 24.3 Å². The Morgan fingerprint density at radius 2 is 1.33 bits per heavy atom. The average molecular weight is 248 g/mol. The molecule has 0 radical (unpaired) electrons. The van der Waals surface area contributed by atoms with E-state index in [2.05, 4.69) is 31.2 Å². The minimum atomic E-state index is 0.258. The van der Waals surface area contributed by atoms with Gasteiger partial charge in [0.2, 0.25) is 0 Å². The Hall–Kier alpha value is -0.820. The number of hydrogen-bond donors (Lipinski definition) is 1. The quantitative estimate of drug-likeness (QED) is 0.604. The zero-order valence-electron chi connectivity index (χ0n) is 11.8. The molecule has 0 atom stereocenters. The van der Waals surface area contributed by atoms with E-state index in [1.54, 1.807) is 0 Å². The SMILES string of the molecule is CCCCCCCCCc1ccccc1CCO. The minimum absolute atomic E-state index is 0.258. The lowest BCUT2D eigenvalue weighted by Gasteiger charge is -2.08. The maximum atomic E-state index is 9.04. The second-order valence-corrected chi connectivity index (χ2v) is 5.11. The number of aliphatic hydroxyl groups is 1. The lowest BCUT2D eigenvalue weighted by molar-refractivity contribution is 0.299. The Morgan fingerprint density at radius 1 is 0.778 bits per heavy atom. The van der Waals surface area contributed by atoms with E-state index in [4.69, 9.17) is 5.11 Å². The highest BCUT2D eigenvalue weighted by molar-refractivity contribution is 5.27. The highest BCUT2D eigenvalue weighted by atomic mass is 16.2. The summed E-state index contributed by atoms with van der Waals surface area (Å²) < 4.78 is 0. The number of unbranched alkanes of at least 4 members (excludes halogenated alkanes) is 6. The summed E-state index contributed by atoms with van der Waals surface area (Å²) in [6.07, 6.45) is 11.5. The van der Waals surface area contributed by atoms with Gasteiger partial charge in [-0.05, 0) is 30.4 Å². The Labute approximate surface area is 112 Å². The molecule has 1 heteroatoms. The van der Waals surface area contributed by atoms with Gasteiger partial charge < -0.3 is 5.11 Å². The molecular weight excluding hydrogens is 220 g/mol. The van der Waals surface area contributed by atoms with E-state index in [0.29, 0.717) is 0 Å². The molecular formula is C17H28O. The first-order chi connectivity index (χ1) is 8.88. The van der Waals surface area contributed by atoms with Crippen molar-refractivity contribution >= 4 is 0 Å². The molecule has 0 fully saturated rings. The fraction of sp³-hybridized carbons (Fsp3) is 0.647. The van der Waals surface area contributed by atoms with Gasteiger partial charge >= 0.3 is 0 Å². The number of aliphatic hydroxyl groups excluding tert-OH is 1. The van der Waals surface area contributed by atoms with Crippen molar-refractivity contribution in [3.05, 3.63) is 35.4 Å². The lowest BCUT2D eigenvalue weighted by Crippen LogP contribution is -1.97. The molecule has 1 N–H and O–H groups in total. The van der Waals surface area contributed by atoms with E-state index >= 15 is 0 Å². The van der Waals surface area contributed by atoms with Gasteiger partial charge in [0.15, 0.2) is 0 Å². The van der Waals surface area contributed by atoms with Crippen LogP contribution in [-0.2, 0) is 12.8 Å². The highest BCUT2D eigenvalue weighted by Crippen LogP contribution is 2.14. The largest absolute Gasteiger partial charge is 0.396 e. The van der Waals surface area contributed by atoms with Gasteiger partial charge in [-0.3, -0.25) is 0 Å². The summed E-state index contributed by atoms with van der Waals surface area (Å²) in [7, 11) is 0. The Morgan fingerprint density at radius 3 is 1.94 bits per heavy atom. The molecule has 0 spiro atoms. The monoisotopic (exact) mass is 248 g/mol. The Kier molecular flexibility index (Phi) is 8.58. The third kappa shape index (κ3) is 6.20. The molecule has 1 nitrogen and oxygen atoms in total. The smallest absolute Gasteiger partial charge is 0.0471 e. The number of benzene rings is 1. The average Bonchev–Trinajstić information content (AvgIpc) is 2.40.